The summed E-state index contributed by atoms with van der Waals surface area (Å²) in [5, 5.41) is 13.4. The topological polar surface area (TPSA) is 85.8 Å². The number of halogens is 5. The molecule has 0 aliphatic carbocycles. The number of nitrogens with zero attached hydrogens (tertiary/aromatic N) is 3. The van der Waals surface area contributed by atoms with E-state index in [2.05, 4.69) is 15.2 Å². The molecule has 3 heterocycles. The summed E-state index contributed by atoms with van der Waals surface area (Å²) in [6.07, 6.45) is -1.25. The highest BCUT2D eigenvalue weighted by atomic mass is 35.5. The molecule has 2 aliphatic heterocycles. The van der Waals surface area contributed by atoms with Gasteiger partial charge in [0.05, 0.1) is 5.56 Å². The van der Waals surface area contributed by atoms with E-state index in [1.807, 2.05) is 0 Å². The number of aromatic nitrogens is 1. The van der Waals surface area contributed by atoms with Gasteiger partial charge in [-0.25, -0.2) is 4.98 Å². The van der Waals surface area contributed by atoms with Crippen LogP contribution in [0.5, 0.6) is 0 Å². The van der Waals surface area contributed by atoms with Crippen molar-refractivity contribution in [3.05, 3.63) is 57.7 Å². The third kappa shape index (κ3) is 6.28. The minimum atomic E-state index is -5.19. The SMILES string of the molecule is CNC(=O)c1ccc(N2CCC(CC3CCN(C(=O)[C@](O)(c4cccc(Cl)c4)C(F)(F)F)CC3)CC2)nc1Cl. The van der Waals surface area contributed by atoms with Crippen molar-refractivity contribution >= 4 is 40.8 Å². The van der Waals surface area contributed by atoms with E-state index in [9.17, 15) is 27.9 Å². The zero-order valence-corrected chi connectivity index (χ0v) is 23.0. The quantitative estimate of drug-likeness (QED) is 0.463. The van der Waals surface area contributed by atoms with Crippen molar-refractivity contribution in [1.29, 1.82) is 0 Å². The van der Waals surface area contributed by atoms with Crippen LogP contribution in [0.4, 0.5) is 19.0 Å². The van der Waals surface area contributed by atoms with Crippen LogP contribution in [0.3, 0.4) is 0 Å². The Balaban J connectivity index is 1.31. The van der Waals surface area contributed by atoms with Gasteiger partial charge in [0.15, 0.2) is 0 Å². The molecule has 2 saturated heterocycles. The number of alkyl halides is 3. The number of nitrogens with one attached hydrogen (secondary N) is 1. The van der Waals surface area contributed by atoms with Gasteiger partial charge in [-0.3, -0.25) is 9.59 Å². The molecule has 1 aromatic heterocycles. The van der Waals surface area contributed by atoms with Gasteiger partial charge in [-0.15, -0.1) is 0 Å². The minimum absolute atomic E-state index is 0.00696. The Kier molecular flexibility index (Phi) is 8.98. The van der Waals surface area contributed by atoms with E-state index < -0.39 is 23.2 Å². The Hall–Kier alpha value is -2.56. The lowest BCUT2D eigenvalue weighted by atomic mass is 9.82. The highest BCUT2D eigenvalue weighted by Gasteiger charge is 2.62. The summed E-state index contributed by atoms with van der Waals surface area (Å²) in [5.41, 5.74) is -3.91. The maximum atomic E-state index is 14.0. The van der Waals surface area contributed by atoms with E-state index in [-0.39, 0.29) is 35.1 Å². The maximum Gasteiger partial charge on any atom is 0.430 e. The Morgan fingerprint density at radius 1 is 1.03 bits per heavy atom. The van der Waals surface area contributed by atoms with Crippen LogP contribution < -0.4 is 10.2 Å². The second-order valence-corrected chi connectivity index (χ2v) is 11.0. The lowest BCUT2D eigenvalue weighted by Crippen LogP contribution is -2.57. The van der Waals surface area contributed by atoms with E-state index in [4.69, 9.17) is 23.2 Å². The van der Waals surface area contributed by atoms with E-state index in [1.54, 1.807) is 12.1 Å². The van der Waals surface area contributed by atoms with E-state index in [1.165, 1.54) is 19.2 Å². The van der Waals surface area contributed by atoms with Gasteiger partial charge in [0.25, 0.3) is 17.4 Å². The monoisotopic (exact) mass is 586 g/mol. The molecule has 2 amide bonds. The van der Waals surface area contributed by atoms with Gasteiger partial charge in [-0.2, -0.15) is 13.2 Å². The molecule has 1 aromatic carbocycles. The summed E-state index contributed by atoms with van der Waals surface area (Å²) in [6, 6.07) is 8.16. The van der Waals surface area contributed by atoms with E-state index >= 15 is 0 Å². The van der Waals surface area contributed by atoms with Gasteiger partial charge >= 0.3 is 6.18 Å². The van der Waals surface area contributed by atoms with E-state index in [0.29, 0.717) is 24.3 Å². The van der Waals surface area contributed by atoms with Crippen molar-refractivity contribution in [2.24, 2.45) is 11.8 Å². The molecule has 0 spiro atoms. The Morgan fingerprint density at radius 2 is 1.64 bits per heavy atom. The summed E-state index contributed by atoms with van der Waals surface area (Å²) in [5.74, 6) is -0.201. The number of amides is 2. The number of benzene rings is 1. The summed E-state index contributed by atoms with van der Waals surface area (Å²) in [4.78, 5) is 32.5. The summed E-state index contributed by atoms with van der Waals surface area (Å²) >= 11 is 12.0. The lowest BCUT2D eigenvalue weighted by Gasteiger charge is -2.40. The number of rotatable bonds is 6. The first-order valence-electron chi connectivity index (χ1n) is 12.9. The lowest BCUT2D eigenvalue weighted by molar-refractivity contribution is -0.262. The third-order valence-corrected chi connectivity index (χ3v) is 8.30. The first kappa shape index (κ1) is 29.4. The third-order valence-electron chi connectivity index (χ3n) is 7.77. The van der Waals surface area contributed by atoms with Gasteiger partial charge < -0.3 is 20.2 Å². The average molecular weight is 587 g/mol. The number of carbonyl (C=O) groups excluding carboxylic acids is 2. The van der Waals surface area contributed by atoms with Crippen LogP contribution in [0.15, 0.2) is 36.4 Å². The maximum absolute atomic E-state index is 14.0. The Bertz CT molecular complexity index is 1200. The molecule has 2 N–H and O–H groups in total. The first-order chi connectivity index (χ1) is 18.4. The molecule has 2 aliphatic rings. The molecule has 0 unspecified atom stereocenters. The molecule has 2 aromatic rings. The Morgan fingerprint density at radius 3 is 2.18 bits per heavy atom. The highest BCUT2D eigenvalue weighted by molar-refractivity contribution is 6.32. The molecule has 0 radical (unpaired) electrons. The highest BCUT2D eigenvalue weighted by Crippen LogP contribution is 2.42. The fourth-order valence-electron chi connectivity index (χ4n) is 5.50. The number of piperidine rings is 2. The Labute approximate surface area is 235 Å². The number of likely N-dealkylation sites (tertiary alicyclic amines) is 1. The molecule has 212 valence electrons. The fraction of sp³-hybridized carbons (Fsp3) is 0.519. The summed E-state index contributed by atoms with van der Waals surface area (Å²) in [6.45, 7) is 1.87. The van der Waals surface area contributed by atoms with Gasteiger partial charge in [0.2, 0.25) is 0 Å². The molecular weight excluding hydrogens is 556 g/mol. The van der Waals surface area contributed by atoms with Gasteiger partial charge in [0.1, 0.15) is 11.0 Å². The number of hydrogen-bond acceptors (Lipinski definition) is 5. The largest absolute Gasteiger partial charge is 0.430 e. The first-order valence-corrected chi connectivity index (χ1v) is 13.7. The number of aliphatic hydroxyl groups is 1. The van der Waals surface area contributed by atoms with Crippen molar-refractivity contribution in [2.75, 3.05) is 38.1 Å². The molecule has 0 saturated carbocycles. The van der Waals surface area contributed by atoms with Gasteiger partial charge in [-0.05, 0) is 68.2 Å². The molecular formula is C27H31Cl2F3N4O3. The normalized spacial score (nSPS) is 19.1. The van der Waals surface area contributed by atoms with Crippen LogP contribution in [0.1, 0.15) is 48.0 Å². The number of hydrogen-bond donors (Lipinski definition) is 2. The van der Waals surface area contributed by atoms with Crippen LogP contribution in [0.25, 0.3) is 0 Å². The predicted octanol–water partition coefficient (Wildman–Crippen LogP) is 5.04. The molecule has 7 nitrogen and oxygen atoms in total. The predicted molar refractivity (Wildman–Crippen MR) is 143 cm³/mol. The molecule has 2 fully saturated rings. The number of pyridine rings is 1. The molecule has 12 heteroatoms. The van der Waals surface area contributed by atoms with Crippen LogP contribution in [0.2, 0.25) is 10.2 Å². The summed E-state index contributed by atoms with van der Waals surface area (Å²) < 4.78 is 42.0. The van der Waals surface area contributed by atoms with Crippen molar-refractivity contribution < 1.29 is 27.9 Å². The van der Waals surface area contributed by atoms with Crippen molar-refractivity contribution in [3.63, 3.8) is 0 Å². The van der Waals surface area contributed by atoms with Crippen LogP contribution in [-0.2, 0) is 10.4 Å². The molecule has 39 heavy (non-hydrogen) atoms. The fourth-order valence-corrected chi connectivity index (χ4v) is 5.92. The second-order valence-electron chi connectivity index (χ2n) is 10.2. The standard InChI is InChI=1S/C27H31Cl2F3N4O3/c1-33-24(37)21-5-6-22(34-23(21)29)35-11-7-17(8-12-35)15-18-9-13-36(14-10-18)25(38)26(39,27(30,31)32)19-3-2-4-20(28)16-19/h2-6,16-18,39H,7-15H2,1H3,(H,33,37)/t26-/m1/s1. The van der Waals surface area contributed by atoms with E-state index in [0.717, 1.165) is 55.2 Å². The molecule has 1 atom stereocenters. The van der Waals surface area contributed by atoms with Crippen molar-refractivity contribution in [1.82, 2.24) is 15.2 Å². The zero-order valence-electron chi connectivity index (χ0n) is 21.5. The van der Waals surface area contributed by atoms with Crippen LogP contribution in [0, 0.1) is 11.8 Å². The number of anilines is 1. The average Bonchev–Trinajstić information content (AvgIpc) is 2.92. The molecule has 4 rings (SSSR count). The number of carbonyl (C=O) groups is 2. The van der Waals surface area contributed by atoms with Gasteiger partial charge in [-0.1, -0.05) is 35.3 Å². The second kappa shape index (κ2) is 11.9. The minimum Gasteiger partial charge on any atom is -0.368 e. The van der Waals surface area contributed by atoms with Crippen molar-refractivity contribution in [2.45, 2.75) is 43.9 Å². The van der Waals surface area contributed by atoms with Crippen LogP contribution in [-0.4, -0.2) is 66.2 Å². The zero-order chi connectivity index (χ0) is 28.4. The smallest absolute Gasteiger partial charge is 0.368 e. The summed E-state index contributed by atoms with van der Waals surface area (Å²) in [7, 11) is 1.53. The van der Waals surface area contributed by atoms with Gasteiger partial charge in [0, 0.05) is 43.8 Å². The van der Waals surface area contributed by atoms with Crippen LogP contribution >= 0.6 is 23.2 Å². The van der Waals surface area contributed by atoms with Crippen molar-refractivity contribution in [3.8, 4) is 0 Å². The molecule has 0 bridgehead atoms.